The molecule has 7 nitrogen and oxygen atoms in total. The predicted octanol–water partition coefficient (Wildman–Crippen LogP) is 5.30. The highest BCUT2D eigenvalue weighted by Crippen LogP contribution is 2.37. The predicted molar refractivity (Wildman–Crippen MR) is 119 cm³/mol. The molecule has 1 heterocycles. The molecule has 0 aliphatic rings. The molecule has 11 heteroatoms. The van der Waals surface area contributed by atoms with Gasteiger partial charge in [0.15, 0.2) is 3.95 Å². The monoisotopic (exact) mass is 470 g/mol. The molecule has 0 unspecified atom stereocenters. The maximum absolute atomic E-state index is 12.8. The van der Waals surface area contributed by atoms with E-state index in [0.29, 0.717) is 42.0 Å². The Labute approximate surface area is 186 Å². The average molecular weight is 471 g/mol. The van der Waals surface area contributed by atoms with E-state index in [0.717, 1.165) is 0 Å². The van der Waals surface area contributed by atoms with Crippen molar-refractivity contribution in [3.63, 3.8) is 0 Å². The smallest absolute Gasteiger partial charge is 0.244 e. The highest BCUT2D eigenvalue weighted by Gasteiger charge is 2.21. The fourth-order valence-electron chi connectivity index (χ4n) is 2.52. The van der Waals surface area contributed by atoms with E-state index in [1.54, 1.807) is 55.5 Å². The summed E-state index contributed by atoms with van der Waals surface area (Å²) in [6.45, 7) is -0.0557. The third-order valence-electron chi connectivity index (χ3n) is 3.84. The number of H-pyrrole nitrogens is 1. The van der Waals surface area contributed by atoms with Crippen LogP contribution in [-0.2, 0) is 4.79 Å². The zero-order chi connectivity index (χ0) is 21.0. The zero-order valence-electron chi connectivity index (χ0n) is 15.4. The number of carbonyl (C=O) groups excluding carboxylic acids is 1. The lowest BCUT2D eigenvalue weighted by molar-refractivity contribution is -0.114. The summed E-state index contributed by atoms with van der Waals surface area (Å²) >= 11 is 18.3. The fourth-order valence-corrected chi connectivity index (χ4v) is 3.71. The first-order valence-electron chi connectivity index (χ1n) is 8.21. The summed E-state index contributed by atoms with van der Waals surface area (Å²) in [6.07, 6.45) is 0. The lowest BCUT2D eigenvalue weighted by Crippen LogP contribution is -2.30. The number of amides is 1. The van der Waals surface area contributed by atoms with Gasteiger partial charge in [-0.2, -0.15) is 0 Å². The van der Waals surface area contributed by atoms with E-state index in [2.05, 4.69) is 15.5 Å². The van der Waals surface area contributed by atoms with E-state index in [1.165, 1.54) is 11.3 Å². The van der Waals surface area contributed by atoms with E-state index < -0.39 is 0 Å². The number of benzene rings is 2. The summed E-state index contributed by atoms with van der Waals surface area (Å²) in [7, 11) is 3.11. The van der Waals surface area contributed by atoms with Gasteiger partial charge in [-0.25, -0.2) is 0 Å². The highest BCUT2D eigenvalue weighted by molar-refractivity contribution is 7.73. The van der Waals surface area contributed by atoms with E-state index in [-0.39, 0.29) is 12.5 Å². The number of halogens is 2. The Balaban J connectivity index is 1.93. The Morgan fingerprint density at radius 3 is 2.62 bits per heavy atom. The van der Waals surface area contributed by atoms with Crippen LogP contribution in [-0.4, -0.2) is 36.9 Å². The third kappa shape index (κ3) is 5.18. The number of hydrogen-bond donors (Lipinski definition) is 2. The van der Waals surface area contributed by atoms with Crippen LogP contribution < -0.4 is 19.7 Å². The normalized spacial score (nSPS) is 10.5. The molecule has 0 atom stereocenters. The number of nitrogens with zero attached hydrogens (tertiary/aromatic N) is 2. The second-order valence-electron chi connectivity index (χ2n) is 5.70. The number of nitrogens with one attached hydrogen (secondary N) is 2. The summed E-state index contributed by atoms with van der Waals surface area (Å²) in [4.78, 5) is 14.5. The van der Waals surface area contributed by atoms with Crippen LogP contribution in [0.2, 0.25) is 10.0 Å². The van der Waals surface area contributed by atoms with Crippen LogP contribution in [0.4, 0.5) is 16.5 Å². The molecular formula is C18H16Cl2N4O3S2. The van der Waals surface area contributed by atoms with Crippen molar-refractivity contribution in [3.05, 3.63) is 50.4 Å². The van der Waals surface area contributed by atoms with Gasteiger partial charge in [-0.15, -0.1) is 5.10 Å². The Morgan fingerprint density at radius 2 is 2.00 bits per heavy atom. The molecule has 0 saturated heterocycles. The van der Waals surface area contributed by atoms with Crippen LogP contribution in [0.15, 0.2) is 36.4 Å². The molecule has 1 aromatic heterocycles. The van der Waals surface area contributed by atoms with Gasteiger partial charge in [0.25, 0.3) is 0 Å². The van der Waals surface area contributed by atoms with E-state index in [4.69, 9.17) is 44.9 Å². The molecule has 152 valence electrons. The van der Waals surface area contributed by atoms with Crippen LogP contribution in [0.3, 0.4) is 0 Å². The summed E-state index contributed by atoms with van der Waals surface area (Å²) in [6, 6.07) is 10.1. The molecule has 0 saturated carbocycles. The minimum absolute atomic E-state index is 0.0557. The summed E-state index contributed by atoms with van der Waals surface area (Å²) in [5.41, 5.74) is 1.13. The first kappa shape index (κ1) is 21.4. The number of ether oxygens (including phenoxy) is 2. The molecule has 0 fully saturated rings. The Hall–Kier alpha value is -2.33. The quantitative estimate of drug-likeness (QED) is 0.456. The third-order valence-corrected chi connectivity index (χ3v) is 5.69. The number of methoxy groups -OCH3 is 2. The lowest BCUT2D eigenvalue weighted by Gasteiger charge is -2.23. The van der Waals surface area contributed by atoms with Gasteiger partial charge in [0.05, 0.1) is 30.0 Å². The van der Waals surface area contributed by atoms with Gasteiger partial charge in [0, 0.05) is 11.8 Å². The topological polar surface area (TPSA) is 79.5 Å². The SMILES string of the molecule is COc1ccc(OC)c(N(CC(=O)Nc2ccc(Cl)c(Cl)c2)c2n[nH]c(=S)s2)c1. The maximum Gasteiger partial charge on any atom is 0.244 e. The zero-order valence-corrected chi connectivity index (χ0v) is 18.5. The van der Waals surface area contributed by atoms with Crippen LogP contribution in [0.1, 0.15) is 0 Å². The molecule has 0 aliphatic heterocycles. The Kier molecular flexibility index (Phi) is 6.96. The number of hydrogen-bond acceptors (Lipinski definition) is 7. The second kappa shape index (κ2) is 9.45. The largest absolute Gasteiger partial charge is 0.497 e. The summed E-state index contributed by atoms with van der Waals surface area (Å²) in [5.74, 6) is 0.860. The van der Waals surface area contributed by atoms with Crippen LogP contribution in [0.25, 0.3) is 0 Å². The van der Waals surface area contributed by atoms with Crippen LogP contribution >= 0.6 is 46.8 Å². The van der Waals surface area contributed by atoms with Gasteiger partial charge in [-0.3, -0.25) is 9.89 Å². The standard InChI is InChI=1S/C18H16Cl2N4O3S2/c1-26-11-4-6-15(27-2)14(8-11)24(17-22-23-18(28)29-17)9-16(25)21-10-3-5-12(19)13(20)7-10/h3-8H,9H2,1-2H3,(H,21,25)(H,23,28). The Bertz CT molecular complexity index is 1090. The van der Waals surface area contributed by atoms with Gasteiger partial charge in [0.1, 0.15) is 18.0 Å². The summed E-state index contributed by atoms with van der Waals surface area (Å²) < 4.78 is 11.3. The van der Waals surface area contributed by atoms with Crippen LogP contribution in [0, 0.1) is 3.95 Å². The fraction of sp³-hybridized carbons (Fsp3) is 0.167. The number of aromatic amines is 1. The van der Waals surface area contributed by atoms with Gasteiger partial charge >= 0.3 is 0 Å². The van der Waals surface area contributed by atoms with Gasteiger partial charge in [-0.05, 0) is 42.5 Å². The van der Waals surface area contributed by atoms with Gasteiger partial charge in [-0.1, -0.05) is 34.5 Å². The molecule has 2 aromatic carbocycles. The molecule has 1 amide bonds. The molecule has 0 aliphatic carbocycles. The number of rotatable bonds is 7. The maximum atomic E-state index is 12.8. The number of carbonyl (C=O) groups is 1. The molecule has 2 N–H and O–H groups in total. The van der Waals surface area contributed by atoms with Crippen molar-refractivity contribution in [2.24, 2.45) is 0 Å². The first-order valence-corrected chi connectivity index (χ1v) is 10.2. The van der Waals surface area contributed by atoms with Gasteiger partial charge < -0.3 is 19.7 Å². The van der Waals surface area contributed by atoms with Gasteiger partial charge in [0.2, 0.25) is 11.0 Å². The van der Waals surface area contributed by atoms with E-state index in [1.807, 2.05) is 0 Å². The lowest BCUT2D eigenvalue weighted by atomic mass is 10.2. The molecule has 29 heavy (non-hydrogen) atoms. The number of anilines is 3. The van der Waals surface area contributed by atoms with Crippen molar-refractivity contribution in [1.82, 2.24) is 10.2 Å². The minimum atomic E-state index is -0.297. The van der Waals surface area contributed by atoms with Crippen molar-refractivity contribution >= 4 is 69.2 Å². The average Bonchev–Trinajstić information content (AvgIpc) is 3.14. The molecule has 0 radical (unpaired) electrons. The molecule has 0 bridgehead atoms. The Morgan fingerprint density at radius 1 is 1.21 bits per heavy atom. The second-order valence-corrected chi connectivity index (χ2v) is 8.16. The molecule has 3 aromatic rings. The van der Waals surface area contributed by atoms with Crippen molar-refractivity contribution < 1.29 is 14.3 Å². The molecule has 3 rings (SSSR count). The first-order chi connectivity index (χ1) is 13.9. The minimum Gasteiger partial charge on any atom is -0.497 e. The highest BCUT2D eigenvalue weighted by atomic mass is 35.5. The van der Waals surface area contributed by atoms with Crippen molar-refractivity contribution in [2.75, 3.05) is 31.0 Å². The van der Waals surface area contributed by atoms with Crippen molar-refractivity contribution in [3.8, 4) is 11.5 Å². The number of aromatic nitrogens is 2. The van der Waals surface area contributed by atoms with Crippen molar-refractivity contribution in [1.29, 1.82) is 0 Å². The molecular weight excluding hydrogens is 455 g/mol. The summed E-state index contributed by atoms with van der Waals surface area (Å²) in [5, 5.41) is 11.0. The van der Waals surface area contributed by atoms with E-state index >= 15 is 0 Å². The van der Waals surface area contributed by atoms with Crippen molar-refractivity contribution in [2.45, 2.75) is 0 Å². The van der Waals surface area contributed by atoms with Crippen LogP contribution in [0.5, 0.6) is 11.5 Å². The van der Waals surface area contributed by atoms with E-state index in [9.17, 15) is 4.79 Å². The molecule has 0 spiro atoms.